The molecule has 0 N–H and O–H groups in total. The lowest BCUT2D eigenvalue weighted by Gasteiger charge is -2.39. The van der Waals surface area contributed by atoms with Gasteiger partial charge < -0.3 is 9.64 Å². The Morgan fingerprint density at radius 1 is 1.12 bits per heavy atom. The number of para-hydroxylation sites is 1. The SMILES string of the molecule is CCC(Oc1ccccc1C)N1CCN(c2cc(Cl)nnc2Cl)CC1. The van der Waals surface area contributed by atoms with E-state index in [1.807, 2.05) is 18.2 Å². The van der Waals surface area contributed by atoms with Crippen LogP contribution in [0.4, 0.5) is 5.69 Å². The molecule has 2 aromatic rings. The average Bonchev–Trinajstić information content (AvgIpc) is 2.63. The van der Waals surface area contributed by atoms with Crippen molar-refractivity contribution >= 4 is 28.9 Å². The molecule has 134 valence electrons. The normalized spacial score (nSPS) is 16.7. The number of rotatable bonds is 5. The Balaban J connectivity index is 1.64. The van der Waals surface area contributed by atoms with E-state index in [4.69, 9.17) is 27.9 Å². The van der Waals surface area contributed by atoms with E-state index in [9.17, 15) is 0 Å². The van der Waals surface area contributed by atoms with Crippen molar-refractivity contribution in [2.45, 2.75) is 26.5 Å². The smallest absolute Gasteiger partial charge is 0.175 e. The molecule has 25 heavy (non-hydrogen) atoms. The maximum Gasteiger partial charge on any atom is 0.175 e. The van der Waals surface area contributed by atoms with Crippen molar-refractivity contribution < 1.29 is 4.74 Å². The highest BCUT2D eigenvalue weighted by molar-refractivity contribution is 6.33. The number of ether oxygens (including phenoxy) is 1. The summed E-state index contributed by atoms with van der Waals surface area (Å²) in [6, 6.07) is 9.91. The van der Waals surface area contributed by atoms with Crippen molar-refractivity contribution in [2.24, 2.45) is 0 Å². The number of hydrogen-bond acceptors (Lipinski definition) is 5. The molecule has 1 aliphatic rings. The standard InChI is InChI=1S/C18H22Cl2N4O/c1-3-17(25-15-7-5-4-6-13(15)2)24-10-8-23(9-11-24)14-12-16(19)21-22-18(14)20/h4-7,12,17H,3,8-11H2,1-2H3. The fourth-order valence-corrected chi connectivity index (χ4v) is 3.42. The molecule has 0 saturated carbocycles. The lowest BCUT2D eigenvalue weighted by molar-refractivity contribution is 0.0181. The largest absolute Gasteiger partial charge is 0.475 e. The van der Waals surface area contributed by atoms with E-state index in [0.717, 1.165) is 49.6 Å². The maximum atomic E-state index is 6.26. The van der Waals surface area contributed by atoms with Gasteiger partial charge in [0.05, 0.1) is 5.69 Å². The Labute approximate surface area is 158 Å². The predicted octanol–water partition coefficient (Wildman–Crippen LogP) is 4.03. The van der Waals surface area contributed by atoms with Gasteiger partial charge in [0.2, 0.25) is 0 Å². The first-order chi connectivity index (χ1) is 12.1. The van der Waals surface area contributed by atoms with Crippen LogP contribution in [0.3, 0.4) is 0 Å². The van der Waals surface area contributed by atoms with E-state index in [1.54, 1.807) is 6.07 Å². The molecule has 3 rings (SSSR count). The van der Waals surface area contributed by atoms with E-state index in [2.05, 4.69) is 39.9 Å². The molecule has 5 nitrogen and oxygen atoms in total. The summed E-state index contributed by atoms with van der Waals surface area (Å²) in [6.45, 7) is 7.69. The summed E-state index contributed by atoms with van der Waals surface area (Å²) in [5.74, 6) is 0.949. The van der Waals surface area contributed by atoms with E-state index in [-0.39, 0.29) is 6.23 Å². The molecule has 1 aromatic heterocycles. The summed E-state index contributed by atoms with van der Waals surface area (Å²) in [5, 5.41) is 8.41. The summed E-state index contributed by atoms with van der Waals surface area (Å²) in [6.07, 6.45) is 0.996. The number of aromatic nitrogens is 2. The first kappa shape index (κ1) is 18.2. The monoisotopic (exact) mass is 380 g/mol. The fraction of sp³-hybridized carbons (Fsp3) is 0.444. The van der Waals surface area contributed by atoms with Gasteiger partial charge in [0.25, 0.3) is 0 Å². The summed E-state index contributed by atoms with van der Waals surface area (Å²) in [4.78, 5) is 4.56. The molecule has 1 fully saturated rings. The van der Waals surface area contributed by atoms with Crippen LogP contribution in [-0.2, 0) is 0 Å². The highest BCUT2D eigenvalue weighted by Gasteiger charge is 2.25. The van der Waals surface area contributed by atoms with Gasteiger partial charge in [-0.2, -0.15) is 0 Å². The number of hydrogen-bond donors (Lipinski definition) is 0. The van der Waals surface area contributed by atoms with Crippen LogP contribution < -0.4 is 9.64 Å². The number of piperazine rings is 1. The lowest BCUT2D eigenvalue weighted by atomic mass is 10.2. The number of halogens is 2. The Hall–Kier alpha value is -1.56. The minimum absolute atomic E-state index is 0.0675. The molecule has 1 aromatic carbocycles. The number of nitrogens with zero attached hydrogens (tertiary/aromatic N) is 4. The van der Waals surface area contributed by atoms with E-state index >= 15 is 0 Å². The highest BCUT2D eigenvalue weighted by atomic mass is 35.5. The lowest BCUT2D eigenvalue weighted by Crippen LogP contribution is -2.52. The van der Waals surface area contributed by atoms with Gasteiger partial charge in [-0.25, -0.2) is 0 Å². The molecule has 0 bridgehead atoms. The molecule has 0 aliphatic carbocycles. The van der Waals surface area contributed by atoms with Crippen LogP contribution in [-0.4, -0.2) is 47.5 Å². The van der Waals surface area contributed by atoms with Crippen LogP contribution in [0.1, 0.15) is 18.9 Å². The maximum absolute atomic E-state index is 6.26. The molecule has 1 unspecified atom stereocenters. The quantitative estimate of drug-likeness (QED) is 0.782. The summed E-state index contributed by atoms with van der Waals surface area (Å²) >= 11 is 12.1. The van der Waals surface area contributed by atoms with Crippen LogP contribution >= 0.6 is 23.2 Å². The Morgan fingerprint density at radius 2 is 1.84 bits per heavy atom. The van der Waals surface area contributed by atoms with Crippen molar-refractivity contribution in [3.63, 3.8) is 0 Å². The van der Waals surface area contributed by atoms with Gasteiger partial charge in [-0.3, -0.25) is 4.90 Å². The minimum Gasteiger partial charge on any atom is -0.475 e. The zero-order valence-corrected chi connectivity index (χ0v) is 16.0. The van der Waals surface area contributed by atoms with Crippen LogP contribution in [0, 0.1) is 6.92 Å². The van der Waals surface area contributed by atoms with Gasteiger partial charge in [-0.1, -0.05) is 48.3 Å². The van der Waals surface area contributed by atoms with Gasteiger partial charge in [0, 0.05) is 32.2 Å². The van der Waals surface area contributed by atoms with Gasteiger partial charge in [0.1, 0.15) is 5.75 Å². The predicted molar refractivity (Wildman–Crippen MR) is 102 cm³/mol. The molecule has 1 atom stereocenters. The van der Waals surface area contributed by atoms with E-state index in [1.165, 1.54) is 0 Å². The first-order valence-electron chi connectivity index (χ1n) is 8.48. The third kappa shape index (κ3) is 4.35. The topological polar surface area (TPSA) is 41.5 Å². The van der Waals surface area contributed by atoms with Gasteiger partial charge in [-0.15, -0.1) is 10.2 Å². The molecule has 2 heterocycles. The third-order valence-corrected chi connectivity index (χ3v) is 4.92. The average molecular weight is 381 g/mol. The second-order valence-electron chi connectivity index (χ2n) is 6.11. The number of aryl methyl sites for hydroxylation is 1. The molecule has 0 amide bonds. The second kappa shape index (κ2) is 8.21. The van der Waals surface area contributed by atoms with E-state index < -0.39 is 0 Å². The molecule has 1 aliphatic heterocycles. The van der Waals surface area contributed by atoms with Crippen molar-refractivity contribution in [3.8, 4) is 5.75 Å². The fourth-order valence-electron chi connectivity index (χ4n) is 3.07. The highest BCUT2D eigenvalue weighted by Crippen LogP contribution is 2.27. The first-order valence-corrected chi connectivity index (χ1v) is 9.24. The van der Waals surface area contributed by atoms with Gasteiger partial charge >= 0.3 is 0 Å². The summed E-state index contributed by atoms with van der Waals surface area (Å²) < 4.78 is 6.26. The van der Waals surface area contributed by atoms with Crippen molar-refractivity contribution in [1.29, 1.82) is 0 Å². The number of benzene rings is 1. The van der Waals surface area contributed by atoms with Crippen molar-refractivity contribution in [3.05, 3.63) is 46.2 Å². The minimum atomic E-state index is 0.0675. The van der Waals surface area contributed by atoms with Gasteiger partial charge in [0.15, 0.2) is 16.5 Å². The zero-order valence-electron chi connectivity index (χ0n) is 14.5. The zero-order chi connectivity index (χ0) is 17.8. The van der Waals surface area contributed by atoms with Crippen molar-refractivity contribution in [2.75, 3.05) is 31.1 Å². The van der Waals surface area contributed by atoms with Crippen LogP contribution in [0.15, 0.2) is 30.3 Å². The van der Waals surface area contributed by atoms with E-state index in [0.29, 0.717) is 10.3 Å². The van der Waals surface area contributed by atoms with Crippen LogP contribution in [0.2, 0.25) is 10.3 Å². The molecule has 7 heteroatoms. The molecular weight excluding hydrogens is 359 g/mol. The van der Waals surface area contributed by atoms with Gasteiger partial charge in [-0.05, 0) is 25.0 Å². The van der Waals surface area contributed by atoms with Crippen LogP contribution in [0.25, 0.3) is 0 Å². The number of anilines is 1. The Morgan fingerprint density at radius 3 is 2.52 bits per heavy atom. The summed E-state index contributed by atoms with van der Waals surface area (Å²) in [5.41, 5.74) is 2.00. The Kier molecular flexibility index (Phi) is 5.99. The summed E-state index contributed by atoms with van der Waals surface area (Å²) in [7, 11) is 0. The third-order valence-electron chi connectivity index (χ3n) is 4.47. The van der Waals surface area contributed by atoms with Crippen molar-refractivity contribution in [1.82, 2.24) is 15.1 Å². The second-order valence-corrected chi connectivity index (χ2v) is 6.86. The molecule has 1 saturated heterocycles. The molecule has 0 spiro atoms. The molecule has 0 radical (unpaired) electrons. The molecular formula is C18H22Cl2N4O. The van der Waals surface area contributed by atoms with Crippen LogP contribution in [0.5, 0.6) is 5.75 Å². The Bertz CT molecular complexity index is 720.